The summed E-state index contributed by atoms with van der Waals surface area (Å²) in [4.78, 5) is 4.55. The van der Waals surface area contributed by atoms with Crippen LogP contribution >= 0.6 is 0 Å². The van der Waals surface area contributed by atoms with Crippen LogP contribution in [0.15, 0.2) is 16.6 Å². The Kier molecular flexibility index (Phi) is 2.01. The van der Waals surface area contributed by atoms with Crippen molar-refractivity contribution in [2.75, 3.05) is 0 Å². The van der Waals surface area contributed by atoms with Gasteiger partial charge in [0.1, 0.15) is 5.67 Å². The molecule has 0 aromatic rings. The highest BCUT2D eigenvalue weighted by molar-refractivity contribution is 6.01. The average molecular weight is 181 g/mol. The minimum atomic E-state index is -0.995. The Morgan fingerprint density at radius 1 is 1.62 bits per heavy atom. The first-order valence-electron chi connectivity index (χ1n) is 5.02. The van der Waals surface area contributed by atoms with E-state index in [0.29, 0.717) is 18.9 Å². The van der Waals surface area contributed by atoms with Crippen LogP contribution < -0.4 is 0 Å². The third-order valence-corrected chi connectivity index (χ3v) is 2.89. The number of rotatable bonds is 0. The van der Waals surface area contributed by atoms with Crippen LogP contribution in [0.4, 0.5) is 4.39 Å². The summed E-state index contributed by atoms with van der Waals surface area (Å²) < 4.78 is 13.6. The largest absolute Gasteiger partial charge is 0.286 e. The number of nitrogens with zero attached hydrogens (tertiary/aromatic N) is 1. The molecule has 2 rings (SSSR count). The topological polar surface area (TPSA) is 12.4 Å². The fourth-order valence-electron chi connectivity index (χ4n) is 2.10. The van der Waals surface area contributed by atoms with Crippen molar-refractivity contribution in [1.82, 2.24) is 0 Å². The van der Waals surface area contributed by atoms with Gasteiger partial charge in [-0.15, -0.1) is 0 Å². The molecule has 72 valence electrons. The van der Waals surface area contributed by atoms with E-state index in [1.165, 1.54) is 0 Å². The second kappa shape index (κ2) is 2.93. The molecule has 0 aromatic carbocycles. The summed E-state index contributed by atoms with van der Waals surface area (Å²) in [6.45, 7) is 3.81. The van der Waals surface area contributed by atoms with Gasteiger partial charge in [0.15, 0.2) is 0 Å². The highest BCUT2D eigenvalue weighted by atomic mass is 19.1. The molecule has 0 bridgehead atoms. The maximum Gasteiger partial charge on any atom is 0.112 e. The lowest BCUT2D eigenvalue weighted by molar-refractivity contribution is 0.173. The Bertz CT molecular complexity index is 276. The first-order chi connectivity index (χ1) is 6.07. The number of hydrogen-bond acceptors (Lipinski definition) is 1. The molecule has 1 fully saturated rings. The molecule has 0 amide bonds. The van der Waals surface area contributed by atoms with E-state index in [1.807, 2.05) is 0 Å². The van der Waals surface area contributed by atoms with Crippen molar-refractivity contribution in [3.63, 3.8) is 0 Å². The molecule has 2 atom stereocenters. The lowest BCUT2D eigenvalue weighted by atomic mass is 9.81. The molecule has 1 heterocycles. The van der Waals surface area contributed by atoms with E-state index in [-0.39, 0.29) is 0 Å². The van der Waals surface area contributed by atoms with Crippen LogP contribution in [0.1, 0.15) is 39.5 Å². The first-order valence-corrected chi connectivity index (χ1v) is 5.02. The lowest BCUT2D eigenvalue weighted by Crippen LogP contribution is -2.30. The minimum absolute atomic E-state index is 0.405. The van der Waals surface area contributed by atoms with Crippen LogP contribution in [-0.4, -0.2) is 17.4 Å². The van der Waals surface area contributed by atoms with Crippen molar-refractivity contribution in [3.8, 4) is 0 Å². The van der Waals surface area contributed by atoms with Crippen LogP contribution in [0.2, 0.25) is 0 Å². The zero-order chi connectivity index (χ0) is 9.47. The highest BCUT2D eigenvalue weighted by Gasteiger charge is 2.32. The molecule has 1 aliphatic heterocycles. The van der Waals surface area contributed by atoms with E-state index in [2.05, 4.69) is 18.0 Å². The monoisotopic (exact) mass is 181 g/mol. The predicted molar refractivity (Wildman–Crippen MR) is 53.0 cm³/mol. The van der Waals surface area contributed by atoms with E-state index in [4.69, 9.17) is 0 Å². The summed E-state index contributed by atoms with van der Waals surface area (Å²) in [6.07, 6.45) is 5.18. The van der Waals surface area contributed by atoms with Gasteiger partial charge in [-0.2, -0.15) is 0 Å². The van der Waals surface area contributed by atoms with Gasteiger partial charge in [0, 0.05) is 12.1 Å². The van der Waals surface area contributed by atoms with Gasteiger partial charge in [-0.1, -0.05) is 6.08 Å². The fourth-order valence-corrected chi connectivity index (χ4v) is 2.10. The van der Waals surface area contributed by atoms with Crippen LogP contribution in [0.5, 0.6) is 0 Å². The van der Waals surface area contributed by atoms with Gasteiger partial charge in [0.2, 0.25) is 0 Å². The maximum atomic E-state index is 13.6. The Morgan fingerprint density at radius 3 is 3.15 bits per heavy atom. The smallest absolute Gasteiger partial charge is 0.112 e. The Balaban J connectivity index is 2.19. The highest BCUT2D eigenvalue weighted by Crippen LogP contribution is 2.35. The number of dihydropyridines is 1. The molecule has 0 N–H and O–H groups in total. The number of aliphatic imine (C=N–C) groups is 1. The van der Waals surface area contributed by atoms with Gasteiger partial charge in [-0.05, 0) is 38.7 Å². The molecule has 1 saturated carbocycles. The third-order valence-electron chi connectivity index (χ3n) is 2.89. The molecular weight excluding hydrogens is 165 g/mol. The summed E-state index contributed by atoms with van der Waals surface area (Å²) >= 11 is 0. The average Bonchev–Trinajstić information content (AvgIpc) is 2.05. The predicted octanol–water partition coefficient (Wildman–Crippen LogP) is 3.06. The number of halogens is 1. The molecule has 1 aliphatic carbocycles. The zero-order valence-corrected chi connectivity index (χ0v) is 8.31. The van der Waals surface area contributed by atoms with Gasteiger partial charge in [-0.25, -0.2) is 4.39 Å². The summed E-state index contributed by atoms with van der Waals surface area (Å²) in [5, 5.41) is 0. The zero-order valence-electron chi connectivity index (χ0n) is 8.31. The molecule has 0 saturated heterocycles. The molecule has 0 radical (unpaired) electrons. The third kappa shape index (κ3) is 1.82. The van der Waals surface area contributed by atoms with E-state index < -0.39 is 5.67 Å². The second-order valence-corrected chi connectivity index (χ2v) is 4.48. The van der Waals surface area contributed by atoms with Gasteiger partial charge < -0.3 is 0 Å². The molecule has 2 unspecified atom stereocenters. The number of fused-ring (bicyclic) bond motifs is 1. The molecule has 0 spiro atoms. The van der Waals surface area contributed by atoms with Crippen molar-refractivity contribution >= 4 is 5.71 Å². The Morgan fingerprint density at radius 2 is 2.38 bits per heavy atom. The van der Waals surface area contributed by atoms with Crippen LogP contribution in [0.3, 0.4) is 0 Å². The van der Waals surface area contributed by atoms with Crippen molar-refractivity contribution in [3.05, 3.63) is 11.6 Å². The normalized spacial score (nSPS) is 39.2. The Hall–Kier alpha value is -0.660. The van der Waals surface area contributed by atoms with Crippen molar-refractivity contribution < 1.29 is 4.39 Å². The SMILES string of the molecule is CC1CC=C2CC(C)(F)CCC2=N1. The first kappa shape index (κ1) is 8.92. The fraction of sp³-hybridized carbons (Fsp3) is 0.727. The molecular formula is C11H16FN. The minimum Gasteiger partial charge on any atom is -0.286 e. The summed E-state index contributed by atoms with van der Waals surface area (Å²) in [5.74, 6) is 0. The number of hydrogen-bond donors (Lipinski definition) is 0. The lowest BCUT2D eigenvalue weighted by Gasteiger charge is -2.31. The standard InChI is InChI=1S/C11H16FN/c1-8-3-4-9-7-11(2,12)6-5-10(9)13-8/h4,8H,3,5-7H2,1-2H3. The van der Waals surface area contributed by atoms with Crippen LogP contribution in [0.25, 0.3) is 0 Å². The van der Waals surface area contributed by atoms with E-state index >= 15 is 0 Å². The van der Waals surface area contributed by atoms with E-state index in [0.717, 1.165) is 24.1 Å². The van der Waals surface area contributed by atoms with Gasteiger partial charge in [-0.3, -0.25) is 4.99 Å². The summed E-state index contributed by atoms with van der Waals surface area (Å²) in [5.41, 5.74) is 1.33. The summed E-state index contributed by atoms with van der Waals surface area (Å²) in [6, 6.07) is 0.405. The molecule has 1 nitrogen and oxygen atoms in total. The van der Waals surface area contributed by atoms with Gasteiger partial charge in [0.05, 0.1) is 6.04 Å². The summed E-state index contributed by atoms with van der Waals surface area (Å²) in [7, 11) is 0. The quantitative estimate of drug-likeness (QED) is 0.544. The molecule has 13 heavy (non-hydrogen) atoms. The van der Waals surface area contributed by atoms with Crippen molar-refractivity contribution in [1.29, 1.82) is 0 Å². The maximum absolute atomic E-state index is 13.6. The number of allylic oxidation sites excluding steroid dienone is 1. The van der Waals surface area contributed by atoms with Gasteiger partial charge >= 0.3 is 0 Å². The van der Waals surface area contributed by atoms with Crippen LogP contribution in [0, 0.1) is 0 Å². The van der Waals surface area contributed by atoms with Crippen LogP contribution in [-0.2, 0) is 0 Å². The second-order valence-electron chi connectivity index (χ2n) is 4.48. The van der Waals surface area contributed by atoms with Gasteiger partial charge in [0.25, 0.3) is 0 Å². The van der Waals surface area contributed by atoms with Crippen molar-refractivity contribution in [2.24, 2.45) is 4.99 Å². The number of alkyl halides is 1. The van der Waals surface area contributed by atoms with Crippen molar-refractivity contribution in [2.45, 2.75) is 51.2 Å². The Labute approximate surface area is 78.7 Å². The van der Waals surface area contributed by atoms with E-state index in [9.17, 15) is 4.39 Å². The molecule has 2 aliphatic rings. The van der Waals surface area contributed by atoms with E-state index in [1.54, 1.807) is 6.92 Å². The molecule has 2 heteroatoms. The molecule has 0 aromatic heterocycles.